The number of hydrogen-bond acceptors (Lipinski definition) is 6. The Kier molecular flexibility index (Phi) is 4.47. The van der Waals surface area contributed by atoms with Gasteiger partial charge in [0, 0.05) is 12.5 Å². The summed E-state index contributed by atoms with van der Waals surface area (Å²) in [4.78, 5) is 30.4. The molecule has 0 aromatic carbocycles. The lowest BCUT2D eigenvalue weighted by Gasteiger charge is -2.27. The highest BCUT2D eigenvalue weighted by molar-refractivity contribution is 5.86. The van der Waals surface area contributed by atoms with Gasteiger partial charge in [0.1, 0.15) is 11.6 Å². The van der Waals surface area contributed by atoms with Crippen LogP contribution in [0, 0.1) is 0 Å². The summed E-state index contributed by atoms with van der Waals surface area (Å²) in [6.07, 6.45) is 3.15. The minimum absolute atomic E-state index is 0.178. The summed E-state index contributed by atoms with van der Waals surface area (Å²) in [6, 6.07) is -0.509. The third kappa shape index (κ3) is 4.04. The molecule has 1 unspecified atom stereocenters. The molecule has 2 fully saturated rings. The van der Waals surface area contributed by atoms with Crippen molar-refractivity contribution in [2.24, 2.45) is 0 Å². The van der Waals surface area contributed by atoms with Crippen molar-refractivity contribution in [3.05, 3.63) is 11.7 Å². The Morgan fingerprint density at radius 1 is 1.33 bits per heavy atom. The molecule has 1 aromatic rings. The minimum Gasteiger partial charge on any atom is -0.444 e. The predicted molar refractivity (Wildman–Crippen MR) is 84.1 cm³/mol. The number of nitrogens with one attached hydrogen (secondary N) is 1. The Balaban J connectivity index is 1.53. The van der Waals surface area contributed by atoms with E-state index in [-0.39, 0.29) is 12.5 Å². The van der Waals surface area contributed by atoms with Crippen LogP contribution in [0.4, 0.5) is 4.79 Å². The van der Waals surface area contributed by atoms with Crippen LogP contribution in [-0.4, -0.2) is 45.2 Å². The summed E-state index contributed by atoms with van der Waals surface area (Å²) in [5, 5.41) is 6.69. The molecule has 3 rings (SSSR count). The molecule has 2 heterocycles. The lowest BCUT2D eigenvalue weighted by molar-refractivity contribution is -0.125. The number of ether oxygens (including phenoxy) is 1. The van der Waals surface area contributed by atoms with E-state index in [1.807, 2.05) is 20.8 Å². The molecule has 1 N–H and O–H groups in total. The zero-order valence-corrected chi connectivity index (χ0v) is 14.4. The highest BCUT2D eigenvalue weighted by Crippen LogP contribution is 2.38. The first kappa shape index (κ1) is 16.7. The maximum Gasteiger partial charge on any atom is 0.410 e. The molecule has 24 heavy (non-hydrogen) atoms. The van der Waals surface area contributed by atoms with Gasteiger partial charge in [0.25, 0.3) is 0 Å². The molecule has 1 aliphatic heterocycles. The average molecular weight is 336 g/mol. The van der Waals surface area contributed by atoms with E-state index in [9.17, 15) is 9.59 Å². The van der Waals surface area contributed by atoms with Crippen LogP contribution in [0.15, 0.2) is 4.52 Å². The van der Waals surface area contributed by atoms with E-state index < -0.39 is 17.7 Å². The third-order valence-electron chi connectivity index (χ3n) is 4.02. The Bertz CT molecular complexity index is 618. The highest BCUT2D eigenvalue weighted by Gasteiger charge is 2.36. The van der Waals surface area contributed by atoms with Crippen LogP contribution >= 0.6 is 0 Å². The van der Waals surface area contributed by atoms with Crippen LogP contribution < -0.4 is 5.32 Å². The van der Waals surface area contributed by atoms with Crippen molar-refractivity contribution in [2.45, 2.75) is 70.6 Å². The quantitative estimate of drug-likeness (QED) is 0.902. The molecule has 1 aromatic heterocycles. The van der Waals surface area contributed by atoms with Gasteiger partial charge in [0.15, 0.2) is 5.82 Å². The monoisotopic (exact) mass is 336 g/mol. The van der Waals surface area contributed by atoms with Gasteiger partial charge in [-0.15, -0.1) is 0 Å². The zero-order valence-electron chi connectivity index (χ0n) is 14.4. The summed E-state index contributed by atoms with van der Waals surface area (Å²) < 4.78 is 10.5. The van der Waals surface area contributed by atoms with E-state index >= 15 is 0 Å². The number of amides is 2. The number of hydrogen-bond donors (Lipinski definition) is 1. The van der Waals surface area contributed by atoms with Crippen LogP contribution in [-0.2, 0) is 16.1 Å². The first-order valence-electron chi connectivity index (χ1n) is 8.43. The van der Waals surface area contributed by atoms with E-state index in [1.165, 1.54) is 4.90 Å². The summed E-state index contributed by atoms with van der Waals surface area (Å²) in [5.74, 6) is 1.31. The van der Waals surface area contributed by atoms with Gasteiger partial charge in [-0.3, -0.25) is 9.69 Å². The van der Waals surface area contributed by atoms with Gasteiger partial charge in [-0.05, 0) is 46.5 Å². The fourth-order valence-corrected chi connectivity index (χ4v) is 2.71. The number of likely N-dealkylation sites (tertiary alicyclic amines) is 1. The minimum atomic E-state index is -0.580. The molecule has 2 aliphatic rings. The number of carbonyl (C=O) groups is 2. The average Bonchev–Trinajstić information content (AvgIpc) is 3.04. The maximum atomic E-state index is 12.4. The van der Waals surface area contributed by atoms with Gasteiger partial charge in [-0.25, -0.2) is 4.79 Å². The highest BCUT2D eigenvalue weighted by atomic mass is 16.6. The van der Waals surface area contributed by atoms with Crippen molar-refractivity contribution in [2.75, 3.05) is 6.54 Å². The molecule has 8 heteroatoms. The Morgan fingerprint density at radius 3 is 2.75 bits per heavy atom. The van der Waals surface area contributed by atoms with Crippen molar-refractivity contribution in [1.82, 2.24) is 20.4 Å². The number of rotatable bonds is 4. The van der Waals surface area contributed by atoms with E-state index in [0.717, 1.165) is 25.1 Å². The van der Waals surface area contributed by atoms with Crippen LogP contribution in [0.2, 0.25) is 0 Å². The van der Waals surface area contributed by atoms with Crippen LogP contribution in [0.25, 0.3) is 0 Å². The fraction of sp³-hybridized carbons (Fsp3) is 0.750. The molecule has 1 saturated heterocycles. The number of aromatic nitrogens is 2. The molecule has 8 nitrogen and oxygen atoms in total. The van der Waals surface area contributed by atoms with Crippen LogP contribution in [0.1, 0.15) is 64.1 Å². The van der Waals surface area contributed by atoms with Gasteiger partial charge in [-0.1, -0.05) is 5.16 Å². The number of carbonyl (C=O) groups excluding carboxylic acids is 2. The molecule has 2 amide bonds. The molecule has 1 atom stereocenters. The van der Waals surface area contributed by atoms with Crippen molar-refractivity contribution in [3.8, 4) is 0 Å². The first-order chi connectivity index (χ1) is 11.3. The molecule has 0 radical (unpaired) electrons. The van der Waals surface area contributed by atoms with Gasteiger partial charge in [0.05, 0.1) is 6.54 Å². The van der Waals surface area contributed by atoms with E-state index in [1.54, 1.807) is 0 Å². The maximum absolute atomic E-state index is 12.4. The molecule has 0 spiro atoms. The second-order valence-corrected chi connectivity index (χ2v) is 7.37. The molecule has 1 saturated carbocycles. The lowest BCUT2D eigenvalue weighted by Crippen LogP contribution is -2.47. The van der Waals surface area contributed by atoms with Gasteiger partial charge >= 0.3 is 6.09 Å². The first-order valence-corrected chi connectivity index (χ1v) is 8.43. The third-order valence-corrected chi connectivity index (χ3v) is 4.02. The Hall–Kier alpha value is -2.12. The van der Waals surface area contributed by atoms with Crippen molar-refractivity contribution < 1.29 is 18.8 Å². The van der Waals surface area contributed by atoms with Crippen LogP contribution in [0.3, 0.4) is 0 Å². The standard InChI is InChI=1S/C16H24N4O4/c1-16(2,3)23-15(22)20-8-4-5-11(20)14(21)17-9-12-18-13(19-24-12)10-6-7-10/h10-11H,4-9H2,1-3H3,(H,17,21). The second kappa shape index (κ2) is 6.41. The van der Waals surface area contributed by atoms with E-state index in [0.29, 0.717) is 24.8 Å². The molecule has 132 valence electrons. The van der Waals surface area contributed by atoms with Gasteiger partial charge in [-0.2, -0.15) is 4.98 Å². The summed E-state index contributed by atoms with van der Waals surface area (Å²) >= 11 is 0. The second-order valence-electron chi connectivity index (χ2n) is 7.37. The van der Waals surface area contributed by atoms with Crippen LogP contribution in [0.5, 0.6) is 0 Å². The Morgan fingerprint density at radius 2 is 2.08 bits per heavy atom. The summed E-state index contributed by atoms with van der Waals surface area (Å²) in [7, 11) is 0. The van der Waals surface area contributed by atoms with Gasteiger partial charge < -0.3 is 14.6 Å². The van der Waals surface area contributed by atoms with Crippen molar-refractivity contribution in [3.63, 3.8) is 0 Å². The topological polar surface area (TPSA) is 97.6 Å². The predicted octanol–water partition coefficient (Wildman–Crippen LogP) is 1.96. The van der Waals surface area contributed by atoms with E-state index in [2.05, 4.69) is 15.5 Å². The van der Waals surface area contributed by atoms with Crippen molar-refractivity contribution in [1.29, 1.82) is 0 Å². The van der Waals surface area contributed by atoms with E-state index in [4.69, 9.17) is 9.26 Å². The zero-order chi connectivity index (χ0) is 17.3. The van der Waals surface area contributed by atoms with Crippen molar-refractivity contribution >= 4 is 12.0 Å². The molecule has 1 aliphatic carbocycles. The van der Waals surface area contributed by atoms with Gasteiger partial charge in [0.2, 0.25) is 11.8 Å². The molecular formula is C16H24N4O4. The number of nitrogens with zero attached hydrogens (tertiary/aromatic N) is 3. The normalized spacial score (nSPS) is 21.0. The summed E-state index contributed by atoms with van der Waals surface area (Å²) in [6.45, 7) is 6.13. The molecule has 0 bridgehead atoms. The lowest BCUT2D eigenvalue weighted by atomic mass is 10.2. The Labute approximate surface area is 140 Å². The summed E-state index contributed by atoms with van der Waals surface area (Å²) in [5.41, 5.74) is -0.580. The fourth-order valence-electron chi connectivity index (χ4n) is 2.71. The smallest absolute Gasteiger partial charge is 0.410 e. The molecular weight excluding hydrogens is 312 g/mol. The largest absolute Gasteiger partial charge is 0.444 e. The SMILES string of the molecule is CC(C)(C)OC(=O)N1CCCC1C(=O)NCc1nc(C2CC2)no1.